The van der Waals surface area contributed by atoms with Crippen LogP contribution in [0.1, 0.15) is 38.7 Å². The van der Waals surface area contributed by atoms with Gasteiger partial charge < -0.3 is 5.32 Å². The lowest BCUT2D eigenvalue weighted by Gasteiger charge is -2.29. The molecule has 0 bridgehead atoms. The van der Waals surface area contributed by atoms with Crippen molar-refractivity contribution in [1.29, 1.82) is 0 Å². The fourth-order valence-corrected chi connectivity index (χ4v) is 4.47. The molecule has 0 saturated heterocycles. The van der Waals surface area contributed by atoms with E-state index >= 15 is 0 Å². The number of sulfone groups is 1. The third-order valence-corrected chi connectivity index (χ3v) is 6.03. The Morgan fingerprint density at radius 3 is 2.45 bits per heavy atom. The van der Waals surface area contributed by atoms with Gasteiger partial charge in [0.05, 0.1) is 5.25 Å². The Hall–Kier alpha value is -0.870. The average molecular weight is 295 g/mol. The molecule has 0 aromatic heterocycles. The molecule has 0 amide bonds. The molecule has 1 aromatic carbocycles. The molecule has 1 saturated carbocycles. The van der Waals surface area contributed by atoms with E-state index in [1.807, 2.05) is 18.2 Å². The minimum Gasteiger partial charge on any atom is -0.312 e. The Morgan fingerprint density at radius 2 is 1.85 bits per heavy atom. The molecular formula is C16H25NO2S. The summed E-state index contributed by atoms with van der Waals surface area (Å²) in [4.78, 5) is 0. The first-order valence-corrected chi connectivity index (χ1v) is 9.24. The highest BCUT2D eigenvalue weighted by Crippen LogP contribution is 2.27. The highest BCUT2D eigenvalue weighted by atomic mass is 32.2. The molecule has 112 valence electrons. The minimum absolute atomic E-state index is 0.00586. The van der Waals surface area contributed by atoms with E-state index in [4.69, 9.17) is 0 Å². The van der Waals surface area contributed by atoms with Gasteiger partial charge in [-0.1, -0.05) is 50.6 Å². The first kappa shape index (κ1) is 15.5. The summed E-state index contributed by atoms with van der Waals surface area (Å²) in [5, 5.41) is 3.28. The second-order valence-electron chi connectivity index (χ2n) is 6.54. The van der Waals surface area contributed by atoms with Crippen LogP contribution in [0.3, 0.4) is 0 Å². The highest BCUT2D eigenvalue weighted by molar-refractivity contribution is 7.91. The zero-order valence-corrected chi connectivity index (χ0v) is 13.4. The van der Waals surface area contributed by atoms with Crippen molar-refractivity contribution in [2.75, 3.05) is 12.8 Å². The van der Waals surface area contributed by atoms with Crippen LogP contribution < -0.4 is 5.32 Å². The Kier molecular flexibility index (Phi) is 4.55. The average Bonchev–Trinajstić information content (AvgIpc) is 2.86. The standard InChI is InChI=1S/C16H25NO2S/c1-16(2,13-8-5-4-6-9-13)12-17-14-10-7-11-15(14)20(3,18)19/h4-6,8-9,14-15,17H,7,10-12H2,1-3H3. The van der Waals surface area contributed by atoms with Crippen molar-refractivity contribution in [3.63, 3.8) is 0 Å². The van der Waals surface area contributed by atoms with Gasteiger partial charge in [-0.2, -0.15) is 0 Å². The van der Waals surface area contributed by atoms with Crippen LogP contribution in [0.2, 0.25) is 0 Å². The van der Waals surface area contributed by atoms with Crippen molar-refractivity contribution in [1.82, 2.24) is 5.32 Å². The topological polar surface area (TPSA) is 46.2 Å². The first-order valence-electron chi connectivity index (χ1n) is 7.28. The van der Waals surface area contributed by atoms with Gasteiger partial charge in [-0.3, -0.25) is 0 Å². The summed E-state index contributed by atoms with van der Waals surface area (Å²) in [6.07, 6.45) is 4.12. The summed E-state index contributed by atoms with van der Waals surface area (Å²) in [5.41, 5.74) is 1.28. The maximum absolute atomic E-state index is 11.8. The van der Waals surface area contributed by atoms with Crippen molar-refractivity contribution in [3.05, 3.63) is 35.9 Å². The van der Waals surface area contributed by atoms with Crippen LogP contribution in [0.15, 0.2) is 30.3 Å². The van der Waals surface area contributed by atoms with Gasteiger partial charge >= 0.3 is 0 Å². The lowest BCUT2D eigenvalue weighted by molar-refractivity contribution is 0.417. The second-order valence-corrected chi connectivity index (χ2v) is 8.80. The third-order valence-electron chi connectivity index (χ3n) is 4.36. The Balaban J connectivity index is 2.01. The Bertz CT molecular complexity index is 537. The van der Waals surface area contributed by atoms with E-state index in [9.17, 15) is 8.42 Å². The largest absolute Gasteiger partial charge is 0.312 e. The van der Waals surface area contributed by atoms with Gasteiger partial charge in [0.25, 0.3) is 0 Å². The number of nitrogens with one attached hydrogen (secondary N) is 1. The van der Waals surface area contributed by atoms with E-state index in [0.717, 1.165) is 25.8 Å². The van der Waals surface area contributed by atoms with Gasteiger partial charge in [-0.05, 0) is 18.4 Å². The molecule has 20 heavy (non-hydrogen) atoms. The van der Waals surface area contributed by atoms with E-state index < -0.39 is 9.84 Å². The lowest BCUT2D eigenvalue weighted by atomic mass is 9.84. The van der Waals surface area contributed by atoms with Gasteiger partial charge in [0, 0.05) is 24.3 Å². The Labute approximate surface area is 122 Å². The van der Waals surface area contributed by atoms with Crippen molar-refractivity contribution < 1.29 is 8.42 Å². The number of hydrogen-bond acceptors (Lipinski definition) is 3. The summed E-state index contributed by atoms with van der Waals surface area (Å²) >= 11 is 0. The fraction of sp³-hybridized carbons (Fsp3) is 0.625. The SMILES string of the molecule is CC(C)(CNC1CCCC1S(C)(=O)=O)c1ccccc1. The second kappa shape index (κ2) is 5.86. The zero-order valence-electron chi connectivity index (χ0n) is 12.6. The first-order chi connectivity index (χ1) is 9.31. The van der Waals surface area contributed by atoms with Crippen LogP contribution in [0, 0.1) is 0 Å². The molecule has 1 N–H and O–H groups in total. The third kappa shape index (κ3) is 3.61. The molecule has 0 spiro atoms. The summed E-state index contributed by atoms with van der Waals surface area (Å²) < 4.78 is 23.6. The van der Waals surface area contributed by atoms with Crippen molar-refractivity contribution >= 4 is 9.84 Å². The van der Waals surface area contributed by atoms with Gasteiger partial charge in [-0.25, -0.2) is 8.42 Å². The zero-order chi connectivity index (χ0) is 14.8. The molecule has 4 heteroatoms. The van der Waals surface area contributed by atoms with Gasteiger partial charge in [0.15, 0.2) is 9.84 Å². The smallest absolute Gasteiger partial charge is 0.151 e. The number of benzene rings is 1. The molecule has 2 rings (SSSR count). The molecule has 3 nitrogen and oxygen atoms in total. The van der Waals surface area contributed by atoms with Crippen LogP contribution >= 0.6 is 0 Å². The van der Waals surface area contributed by atoms with Crippen LogP contribution in [0.25, 0.3) is 0 Å². The van der Waals surface area contributed by atoms with Crippen LogP contribution in [-0.2, 0) is 15.3 Å². The van der Waals surface area contributed by atoms with Crippen LogP contribution in [0.5, 0.6) is 0 Å². The molecule has 2 atom stereocenters. The molecule has 0 radical (unpaired) electrons. The van der Waals surface area contributed by atoms with Crippen molar-refractivity contribution in [2.45, 2.75) is 49.8 Å². The summed E-state index contributed by atoms with van der Waals surface area (Å²) in [6.45, 7) is 5.19. The predicted octanol–water partition coefficient (Wildman–Crippen LogP) is 2.52. The maximum Gasteiger partial charge on any atom is 0.151 e. The number of hydrogen-bond donors (Lipinski definition) is 1. The summed E-state index contributed by atoms with van der Waals surface area (Å²) in [5.74, 6) is 0. The molecule has 0 aliphatic heterocycles. The van der Waals surface area contributed by atoms with Gasteiger partial charge in [0.1, 0.15) is 0 Å². The van der Waals surface area contributed by atoms with Gasteiger partial charge in [-0.15, -0.1) is 0 Å². The summed E-state index contributed by atoms with van der Waals surface area (Å²) in [7, 11) is -2.95. The minimum atomic E-state index is -2.95. The lowest BCUT2D eigenvalue weighted by Crippen LogP contribution is -2.45. The van der Waals surface area contributed by atoms with E-state index in [-0.39, 0.29) is 16.7 Å². The molecule has 1 aliphatic rings. The molecule has 1 aromatic rings. The number of rotatable bonds is 5. The quantitative estimate of drug-likeness (QED) is 0.908. The molecular weight excluding hydrogens is 270 g/mol. The molecule has 0 heterocycles. The van der Waals surface area contributed by atoms with E-state index in [0.29, 0.717) is 0 Å². The van der Waals surface area contributed by atoms with Crippen LogP contribution in [0.4, 0.5) is 0 Å². The van der Waals surface area contributed by atoms with Crippen molar-refractivity contribution in [3.8, 4) is 0 Å². The molecule has 1 fully saturated rings. The highest BCUT2D eigenvalue weighted by Gasteiger charge is 2.35. The molecule has 2 unspecified atom stereocenters. The monoisotopic (exact) mass is 295 g/mol. The maximum atomic E-state index is 11.8. The fourth-order valence-electron chi connectivity index (χ4n) is 3.05. The summed E-state index contributed by atoms with van der Waals surface area (Å²) in [6, 6.07) is 10.5. The molecule has 1 aliphatic carbocycles. The van der Waals surface area contributed by atoms with Crippen molar-refractivity contribution in [2.24, 2.45) is 0 Å². The van der Waals surface area contributed by atoms with E-state index in [1.165, 1.54) is 11.8 Å². The van der Waals surface area contributed by atoms with E-state index in [2.05, 4.69) is 31.3 Å². The normalized spacial score (nSPS) is 23.9. The van der Waals surface area contributed by atoms with Crippen LogP contribution in [-0.4, -0.2) is 32.5 Å². The predicted molar refractivity (Wildman–Crippen MR) is 83.7 cm³/mol. The Morgan fingerprint density at radius 1 is 1.20 bits per heavy atom. The van der Waals surface area contributed by atoms with E-state index in [1.54, 1.807) is 0 Å². The van der Waals surface area contributed by atoms with Gasteiger partial charge in [0.2, 0.25) is 0 Å².